The van der Waals surface area contributed by atoms with Crippen molar-refractivity contribution < 1.29 is 14.3 Å². The molecule has 0 aliphatic carbocycles. The molecule has 0 bridgehead atoms. The number of hydrogen-bond acceptors (Lipinski definition) is 4. The Hall–Kier alpha value is -2.83. The molecule has 20 heavy (non-hydrogen) atoms. The Bertz CT molecular complexity index is 811. The molecule has 0 aliphatic heterocycles. The van der Waals surface area contributed by atoms with Gasteiger partial charge in [-0.05, 0) is 19.1 Å². The fourth-order valence-electron chi connectivity index (χ4n) is 1.97. The molecule has 6 nitrogen and oxygen atoms in total. The van der Waals surface area contributed by atoms with Gasteiger partial charge in [-0.3, -0.25) is 4.98 Å². The van der Waals surface area contributed by atoms with Gasteiger partial charge in [-0.15, -0.1) is 0 Å². The summed E-state index contributed by atoms with van der Waals surface area (Å²) in [5, 5.41) is 13.5. The van der Waals surface area contributed by atoms with E-state index >= 15 is 0 Å². The van der Waals surface area contributed by atoms with E-state index in [2.05, 4.69) is 15.1 Å². The summed E-state index contributed by atoms with van der Waals surface area (Å²) in [6, 6.07) is 4.35. The van der Waals surface area contributed by atoms with Gasteiger partial charge in [0.1, 0.15) is 17.1 Å². The topological polar surface area (TPSA) is 80.4 Å². The van der Waals surface area contributed by atoms with Gasteiger partial charge < -0.3 is 5.11 Å². The lowest BCUT2D eigenvalue weighted by Gasteiger charge is -2.07. The zero-order chi connectivity index (χ0) is 14.3. The summed E-state index contributed by atoms with van der Waals surface area (Å²) in [5.41, 5.74) is 1.76. The van der Waals surface area contributed by atoms with Gasteiger partial charge in [0.25, 0.3) is 0 Å². The molecule has 3 heterocycles. The maximum Gasteiger partial charge on any atom is 0.339 e. The number of aryl methyl sites for hydroxylation is 1. The van der Waals surface area contributed by atoms with Gasteiger partial charge in [0.05, 0.1) is 17.6 Å². The number of carbonyl (C=O) groups is 1. The maximum atomic E-state index is 13.0. The third-order valence-corrected chi connectivity index (χ3v) is 2.81. The predicted octanol–water partition coefficient (Wildman–Crippen LogP) is 1.94. The number of hydrogen-bond donors (Lipinski definition) is 1. The van der Waals surface area contributed by atoms with Crippen molar-refractivity contribution >= 4 is 11.6 Å². The lowest BCUT2D eigenvalue weighted by molar-refractivity contribution is 0.0696. The van der Waals surface area contributed by atoms with Gasteiger partial charge in [0.15, 0.2) is 5.65 Å². The Morgan fingerprint density at radius 2 is 2.10 bits per heavy atom. The molecule has 0 fully saturated rings. The molecule has 0 saturated carbocycles. The molecule has 3 aromatic rings. The lowest BCUT2D eigenvalue weighted by atomic mass is 10.1. The van der Waals surface area contributed by atoms with E-state index < -0.39 is 11.8 Å². The molecule has 0 spiro atoms. The predicted molar refractivity (Wildman–Crippen MR) is 67.9 cm³/mol. The molecule has 0 aromatic carbocycles. The quantitative estimate of drug-likeness (QED) is 0.771. The molecule has 0 saturated heterocycles. The molecule has 0 unspecified atom stereocenters. The Morgan fingerprint density at radius 3 is 2.75 bits per heavy atom. The smallest absolute Gasteiger partial charge is 0.339 e. The number of rotatable bonds is 2. The van der Waals surface area contributed by atoms with Crippen molar-refractivity contribution in [3.63, 3.8) is 0 Å². The van der Waals surface area contributed by atoms with E-state index in [4.69, 9.17) is 0 Å². The fourth-order valence-corrected chi connectivity index (χ4v) is 1.97. The summed E-state index contributed by atoms with van der Waals surface area (Å²) in [4.78, 5) is 19.3. The summed E-state index contributed by atoms with van der Waals surface area (Å²) < 4.78 is 14.4. The number of carboxylic acids is 1. The van der Waals surface area contributed by atoms with Crippen LogP contribution in [-0.2, 0) is 0 Å². The first kappa shape index (κ1) is 12.2. The second-order valence-corrected chi connectivity index (χ2v) is 4.24. The second kappa shape index (κ2) is 4.37. The monoisotopic (exact) mass is 272 g/mol. The van der Waals surface area contributed by atoms with E-state index in [1.54, 1.807) is 13.0 Å². The highest BCUT2D eigenvalue weighted by molar-refractivity contribution is 5.94. The van der Waals surface area contributed by atoms with Gasteiger partial charge in [-0.25, -0.2) is 18.7 Å². The summed E-state index contributed by atoms with van der Waals surface area (Å²) in [6.07, 6.45) is 2.28. The molecule has 1 N–H and O–H groups in total. The van der Waals surface area contributed by atoms with E-state index in [0.29, 0.717) is 17.0 Å². The highest BCUT2D eigenvalue weighted by Crippen LogP contribution is 2.22. The van der Waals surface area contributed by atoms with Gasteiger partial charge in [-0.1, -0.05) is 0 Å². The summed E-state index contributed by atoms with van der Waals surface area (Å²) in [7, 11) is 0. The van der Waals surface area contributed by atoms with Gasteiger partial charge in [0.2, 0.25) is 0 Å². The summed E-state index contributed by atoms with van der Waals surface area (Å²) >= 11 is 0. The van der Waals surface area contributed by atoms with Crippen molar-refractivity contribution in [2.75, 3.05) is 0 Å². The van der Waals surface area contributed by atoms with E-state index in [0.717, 1.165) is 6.20 Å². The number of nitrogens with zero attached hydrogens (tertiary/aromatic N) is 4. The largest absolute Gasteiger partial charge is 0.478 e. The minimum Gasteiger partial charge on any atom is -0.478 e. The molecular weight excluding hydrogens is 263 g/mol. The molecular formula is C13H9FN4O2. The van der Waals surface area contributed by atoms with Crippen LogP contribution in [0.5, 0.6) is 0 Å². The van der Waals surface area contributed by atoms with E-state index in [-0.39, 0.29) is 11.3 Å². The molecule has 3 aromatic heterocycles. The summed E-state index contributed by atoms with van der Waals surface area (Å²) in [5.74, 6) is -1.64. The minimum absolute atomic E-state index is 0.0419. The maximum absolute atomic E-state index is 13.0. The minimum atomic E-state index is -1.14. The van der Waals surface area contributed by atoms with Crippen molar-refractivity contribution in [1.29, 1.82) is 0 Å². The first-order valence-electron chi connectivity index (χ1n) is 5.77. The molecule has 0 amide bonds. The van der Waals surface area contributed by atoms with Crippen LogP contribution in [-0.4, -0.2) is 30.7 Å². The van der Waals surface area contributed by atoms with Crippen LogP contribution >= 0.6 is 0 Å². The highest BCUT2D eigenvalue weighted by Gasteiger charge is 2.18. The normalized spacial score (nSPS) is 10.9. The number of pyridine rings is 1. The number of fused-ring (bicyclic) bond motifs is 1. The van der Waals surface area contributed by atoms with Crippen LogP contribution in [0, 0.1) is 12.7 Å². The Kier molecular flexibility index (Phi) is 2.67. The van der Waals surface area contributed by atoms with Gasteiger partial charge >= 0.3 is 5.97 Å². The van der Waals surface area contributed by atoms with Crippen molar-refractivity contribution in [2.24, 2.45) is 0 Å². The van der Waals surface area contributed by atoms with Crippen molar-refractivity contribution in [2.45, 2.75) is 6.92 Å². The van der Waals surface area contributed by atoms with Crippen molar-refractivity contribution in [3.05, 3.63) is 47.7 Å². The van der Waals surface area contributed by atoms with E-state index in [9.17, 15) is 14.3 Å². The zero-order valence-electron chi connectivity index (χ0n) is 10.4. The first-order chi connectivity index (χ1) is 9.56. The van der Waals surface area contributed by atoms with Crippen LogP contribution < -0.4 is 0 Å². The van der Waals surface area contributed by atoms with Crippen LogP contribution in [0.4, 0.5) is 4.39 Å². The zero-order valence-corrected chi connectivity index (χ0v) is 10.4. The number of halogens is 1. The lowest BCUT2D eigenvalue weighted by Crippen LogP contribution is -2.08. The average Bonchev–Trinajstić information content (AvgIpc) is 2.78. The third kappa shape index (κ3) is 1.89. The Labute approximate surface area is 112 Å². The van der Waals surface area contributed by atoms with E-state index in [1.807, 2.05) is 0 Å². The van der Waals surface area contributed by atoms with E-state index in [1.165, 1.54) is 22.8 Å². The molecule has 100 valence electrons. The fraction of sp³-hybridized carbons (Fsp3) is 0.0769. The molecule has 0 aliphatic rings. The number of aromatic carboxylic acids is 1. The Morgan fingerprint density at radius 1 is 1.30 bits per heavy atom. The second-order valence-electron chi connectivity index (χ2n) is 4.24. The highest BCUT2D eigenvalue weighted by atomic mass is 19.1. The molecule has 3 rings (SSSR count). The first-order valence-corrected chi connectivity index (χ1v) is 5.77. The molecule has 0 radical (unpaired) electrons. The van der Waals surface area contributed by atoms with Crippen molar-refractivity contribution in [3.8, 4) is 11.4 Å². The SMILES string of the molecule is Cc1cc2ncc(C(=O)O)c(-c3ccc(F)cn3)n2n1. The van der Waals surface area contributed by atoms with Gasteiger partial charge in [0, 0.05) is 12.3 Å². The van der Waals surface area contributed by atoms with Crippen LogP contribution in [0.1, 0.15) is 16.1 Å². The average molecular weight is 272 g/mol. The number of carboxylic acid groups (broad SMARTS) is 1. The third-order valence-electron chi connectivity index (χ3n) is 2.81. The van der Waals surface area contributed by atoms with Crippen molar-refractivity contribution in [1.82, 2.24) is 19.6 Å². The molecule has 0 atom stereocenters. The van der Waals surface area contributed by atoms with Crippen LogP contribution in [0.15, 0.2) is 30.6 Å². The summed E-state index contributed by atoms with van der Waals surface area (Å²) in [6.45, 7) is 1.77. The number of aromatic nitrogens is 4. The van der Waals surface area contributed by atoms with Crippen LogP contribution in [0.2, 0.25) is 0 Å². The standard InChI is InChI=1S/C13H9FN4O2/c1-7-4-11-16-6-9(13(19)20)12(18(11)17-7)10-3-2-8(14)5-15-10/h2-6H,1H3,(H,19,20). The molecule has 7 heteroatoms. The van der Waals surface area contributed by atoms with Gasteiger partial charge in [-0.2, -0.15) is 5.10 Å². The van der Waals surface area contributed by atoms with Crippen LogP contribution in [0.25, 0.3) is 17.0 Å². The Balaban J connectivity index is 2.37. The van der Waals surface area contributed by atoms with Crippen LogP contribution in [0.3, 0.4) is 0 Å².